The Labute approximate surface area is 133 Å². The highest BCUT2D eigenvalue weighted by Crippen LogP contribution is 2.27. The van der Waals surface area contributed by atoms with E-state index in [-0.39, 0.29) is 5.43 Å². The van der Waals surface area contributed by atoms with Crippen LogP contribution in [0.2, 0.25) is 5.02 Å². The Morgan fingerprint density at radius 3 is 2.55 bits per heavy atom. The Hall–Kier alpha value is -2.26. The molecule has 0 N–H and O–H groups in total. The Morgan fingerprint density at radius 1 is 1.14 bits per heavy atom. The molecular formula is C18H15ClO3. The summed E-state index contributed by atoms with van der Waals surface area (Å²) in [5.74, 6) is 1.27. The summed E-state index contributed by atoms with van der Waals surface area (Å²) >= 11 is 5.91. The second-order valence-corrected chi connectivity index (χ2v) is 5.40. The molecule has 0 unspecified atom stereocenters. The second kappa shape index (κ2) is 5.85. The first-order chi connectivity index (χ1) is 10.6. The predicted molar refractivity (Wildman–Crippen MR) is 88.8 cm³/mol. The van der Waals surface area contributed by atoms with E-state index in [1.54, 1.807) is 37.3 Å². The van der Waals surface area contributed by atoms with Crippen LogP contribution in [0.1, 0.15) is 12.7 Å². The number of benzene rings is 2. The number of ether oxygens (including phenoxy) is 1. The molecule has 3 nitrogen and oxygen atoms in total. The van der Waals surface area contributed by atoms with Crippen molar-refractivity contribution in [3.63, 3.8) is 0 Å². The third-order valence-electron chi connectivity index (χ3n) is 3.48. The van der Waals surface area contributed by atoms with Crippen LogP contribution in [0.5, 0.6) is 5.75 Å². The zero-order valence-corrected chi connectivity index (χ0v) is 13.1. The number of aryl methyl sites for hydroxylation is 1. The van der Waals surface area contributed by atoms with Gasteiger partial charge in [-0.25, -0.2) is 0 Å². The van der Waals surface area contributed by atoms with Gasteiger partial charge in [0.05, 0.1) is 17.6 Å². The van der Waals surface area contributed by atoms with Crippen molar-refractivity contribution < 1.29 is 9.15 Å². The lowest BCUT2D eigenvalue weighted by atomic mass is 10.0. The smallest absolute Gasteiger partial charge is 0.200 e. The molecule has 3 rings (SSSR count). The lowest BCUT2D eigenvalue weighted by molar-refractivity contribution is 0.340. The van der Waals surface area contributed by atoms with Gasteiger partial charge in [-0.1, -0.05) is 23.7 Å². The highest BCUT2D eigenvalue weighted by Gasteiger charge is 2.14. The molecule has 0 aliphatic heterocycles. The molecule has 0 amide bonds. The Morgan fingerprint density at radius 2 is 1.86 bits per heavy atom. The third-order valence-corrected chi connectivity index (χ3v) is 3.74. The van der Waals surface area contributed by atoms with E-state index in [1.165, 1.54) is 0 Å². The van der Waals surface area contributed by atoms with E-state index in [2.05, 4.69) is 0 Å². The van der Waals surface area contributed by atoms with Gasteiger partial charge >= 0.3 is 0 Å². The Bertz CT molecular complexity index is 879. The lowest BCUT2D eigenvalue weighted by Crippen LogP contribution is -2.07. The fourth-order valence-corrected chi connectivity index (χ4v) is 2.62. The van der Waals surface area contributed by atoms with Crippen LogP contribution in [-0.2, 0) is 0 Å². The fraction of sp³-hybridized carbons (Fsp3) is 0.167. The predicted octanol–water partition coefficient (Wildman–Crippen LogP) is 4.82. The van der Waals surface area contributed by atoms with Gasteiger partial charge < -0.3 is 9.15 Å². The van der Waals surface area contributed by atoms with Crippen LogP contribution in [0, 0.1) is 6.92 Å². The topological polar surface area (TPSA) is 39.4 Å². The number of rotatable bonds is 3. The standard InChI is InChI=1S/C18H15ClO3/c1-3-21-14-8-9-15-16(10-14)22-11(2)17(18(15)20)12-4-6-13(19)7-5-12/h4-10H,3H2,1-2H3. The minimum Gasteiger partial charge on any atom is -0.494 e. The van der Waals surface area contributed by atoms with Crippen molar-refractivity contribution in [2.24, 2.45) is 0 Å². The van der Waals surface area contributed by atoms with Gasteiger partial charge in [0.15, 0.2) is 0 Å². The maximum Gasteiger partial charge on any atom is 0.200 e. The number of fused-ring (bicyclic) bond motifs is 1. The molecule has 4 heteroatoms. The first-order valence-corrected chi connectivity index (χ1v) is 7.44. The van der Waals surface area contributed by atoms with Crippen molar-refractivity contribution in [3.8, 4) is 16.9 Å². The summed E-state index contributed by atoms with van der Waals surface area (Å²) in [4.78, 5) is 12.8. The summed E-state index contributed by atoms with van der Waals surface area (Å²) in [6.45, 7) is 4.27. The van der Waals surface area contributed by atoms with Crippen molar-refractivity contribution in [2.45, 2.75) is 13.8 Å². The summed E-state index contributed by atoms with van der Waals surface area (Å²) in [6, 6.07) is 12.4. The maximum absolute atomic E-state index is 12.8. The maximum atomic E-state index is 12.8. The van der Waals surface area contributed by atoms with Crippen LogP contribution >= 0.6 is 11.6 Å². The molecule has 2 aromatic carbocycles. The molecule has 0 spiro atoms. The molecule has 1 heterocycles. The molecule has 112 valence electrons. The van der Waals surface area contributed by atoms with Crippen molar-refractivity contribution in [2.75, 3.05) is 6.61 Å². The van der Waals surface area contributed by atoms with Crippen LogP contribution in [0.3, 0.4) is 0 Å². The summed E-state index contributed by atoms with van der Waals surface area (Å²) < 4.78 is 11.3. The summed E-state index contributed by atoms with van der Waals surface area (Å²) in [6.07, 6.45) is 0. The van der Waals surface area contributed by atoms with Crippen molar-refractivity contribution in [1.82, 2.24) is 0 Å². The van der Waals surface area contributed by atoms with Gasteiger partial charge in [0.25, 0.3) is 0 Å². The van der Waals surface area contributed by atoms with Crippen LogP contribution in [0.4, 0.5) is 0 Å². The minimum absolute atomic E-state index is 0.0517. The molecule has 0 atom stereocenters. The largest absolute Gasteiger partial charge is 0.494 e. The molecule has 0 saturated heterocycles. The molecule has 22 heavy (non-hydrogen) atoms. The first-order valence-electron chi connectivity index (χ1n) is 7.06. The van der Waals surface area contributed by atoms with Crippen LogP contribution in [0.15, 0.2) is 51.7 Å². The molecule has 0 aliphatic carbocycles. The van der Waals surface area contributed by atoms with Crippen molar-refractivity contribution >= 4 is 22.6 Å². The third kappa shape index (κ3) is 2.60. The highest BCUT2D eigenvalue weighted by molar-refractivity contribution is 6.30. The monoisotopic (exact) mass is 314 g/mol. The van der Waals surface area contributed by atoms with Gasteiger partial charge in [-0.3, -0.25) is 4.79 Å². The molecule has 0 radical (unpaired) electrons. The average Bonchev–Trinajstić information content (AvgIpc) is 2.49. The van der Waals surface area contributed by atoms with Gasteiger partial charge in [-0.2, -0.15) is 0 Å². The van der Waals surface area contributed by atoms with Gasteiger partial charge in [-0.05, 0) is 43.7 Å². The Kier molecular flexibility index (Phi) is 3.90. The van der Waals surface area contributed by atoms with Crippen molar-refractivity contribution in [3.05, 3.63) is 63.5 Å². The minimum atomic E-state index is -0.0517. The van der Waals surface area contributed by atoms with Crippen LogP contribution in [0.25, 0.3) is 22.1 Å². The van der Waals surface area contributed by atoms with Gasteiger partial charge in [0.2, 0.25) is 5.43 Å². The molecule has 0 aliphatic rings. The molecule has 3 aromatic rings. The Balaban J connectivity index is 2.22. The normalized spacial score (nSPS) is 10.9. The molecule has 0 saturated carbocycles. The van der Waals surface area contributed by atoms with E-state index in [0.717, 1.165) is 5.56 Å². The van der Waals surface area contributed by atoms with E-state index in [9.17, 15) is 4.79 Å². The first kappa shape index (κ1) is 14.7. The van der Waals surface area contributed by atoms with Gasteiger partial charge in [0, 0.05) is 11.1 Å². The average molecular weight is 315 g/mol. The number of hydrogen-bond acceptors (Lipinski definition) is 3. The van der Waals surface area contributed by atoms with E-state index < -0.39 is 0 Å². The highest BCUT2D eigenvalue weighted by atomic mass is 35.5. The van der Waals surface area contributed by atoms with Crippen LogP contribution < -0.4 is 10.2 Å². The van der Waals surface area contributed by atoms with E-state index in [0.29, 0.717) is 39.7 Å². The zero-order chi connectivity index (χ0) is 15.7. The van der Waals surface area contributed by atoms with E-state index in [4.69, 9.17) is 20.8 Å². The fourth-order valence-electron chi connectivity index (χ4n) is 2.49. The molecular weight excluding hydrogens is 300 g/mol. The van der Waals surface area contributed by atoms with Gasteiger partial charge in [0.1, 0.15) is 17.1 Å². The summed E-state index contributed by atoms with van der Waals surface area (Å²) in [5, 5.41) is 1.17. The molecule has 0 fully saturated rings. The summed E-state index contributed by atoms with van der Waals surface area (Å²) in [7, 11) is 0. The molecule has 1 aromatic heterocycles. The van der Waals surface area contributed by atoms with Crippen LogP contribution in [-0.4, -0.2) is 6.61 Å². The number of halogens is 1. The van der Waals surface area contributed by atoms with Gasteiger partial charge in [-0.15, -0.1) is 0 Å². The quantitative estimate of drug-likeness (QED) is 0.695. The second-order valence-electron chi connectivity index (χ2n) is 4.96. The zero-order valence-electron chi connectivity index (χ0n) is 12.4. The lowest BCUT2D eigenvalue weighted by Gasteiger charge is -2.09. The summed E-state index contributed by atoms with van der Waals surface area (Å²) in [5.41, 5.74) is 1.84. The molecule has 0 bridgehead atoms. The van der Waals surface area contributed by atoms with E-state index in [1.807, 2.05) is 19.1 Å². The SMILES string of the molecule is CCOc1ccc2c(=O)c(-c3ccc(Cl)cc3)c(C)oc2c1. The van der Waals surface area contributed by atoms with E-state index >= 15 is 0 Å². The number of hydrogen-bond donors (Lipinski definition) is 0. The van der Waals surface area contributed by atoms with Crippen molar-refractivity contribution in [1.29, 1.82) is 0 Å².